The van der Waals surface area contributed by atoms with E-state index in [1.807, 2.05) is 6.92 Å². The molecule has 1 N–H and O–H groups in total. The molecule has 0 heterocycles. The summed E-state index contributed by atoms with van der Waals surface area (Å²) in [5.74, 6) is 0.264. The number of amidine groups is 1. The highest BCUT2D eigenvalue weighted by Gasteiger charge is 2.10. The summed E-state index contributed by atoms with van der Waals surface area (Å²) >= 11 is 0. The monoisotopic (exact) mass is 212 g/mol. The number of hydrogen-bond donors (Lipinski definition) is 1. The molecular weight excluding hydrogens is 198 g/mol. The van der Waals surface area contributed by atoms with Crippen LogP contribution in [0.4, 0.5) is 8.78 Å². The molecule has 0 aromatic heterocycles. The maximum absolute atomic E-state index is 12.4. The van der Waals surface area contributed by atoms with Crippen molar-refractivity contribution in [3.63, 3.8) is 0 Å². The van der Waals surface area contributed by atoms with Crippen molar-refractivity contribution in [2.24, 2.45) is 0 Å². The molecule has 0 fully saturated rings. The van der Waals surface area contributed by atoms with Gasteiger partial charge in [-0.25, -0.2) is 8.78 Å². The zero-order chi connectivity index (χ0) is 11.4. The minimum atomic E-state index is -2.48. The molecular formula is C11H14F2N2. The van der Waals surface area contributed by atoms with E-state index in [2.05, 4.69) is 0 Å². The molecule has 2 nitrogen and oxygen atoms in total. The van der Waals surface area contributed by atoms with Crippen LogP contribution in [0.5, 0.6) is 0 Å². The van der Waals surface area contributed by atoms with Crippen LogP contribution in [-0.2, 0) is 0 Å². The van der Waals surface area contributed by atoms with Gasteiger partial charge in [0.1, 0.15) is 5.84 Å². The zero-order valence-corrected chi connectivity index (χ0v) is 8.80. The van der Waals surface area contributed by atoms with Crippen molar-refractivity contribution in [3.8, 4) is 0 Å². The van der Waals surface area contributed by atoms with E-state index < -0.39 is 6.43 Å². The smallest absolute Gasteiger partial charge is 0.263 e. The highest BCUT2D eigenvalue weighted by molar-refractivity contribution is 5.96. The second-order valence-corrected chi connectivity index (χ2v) is 3.29. The topological polar surface area (TPSA) is 27.1 Å². The Labute approximate surface area is 88.0 Å². The standard InChI is InChI=1S/C11H14F2N2/c1-3-15(2)11(14)9-6-4-5-8(7-9)10(12)13/h4-7,10,14H,3H2,1-2H3. The van der Waals surface area contributed by atoms with E-state index >= 15 is 0 Å². The summed E-state index contributed by atoms with van der Waals surface area (Å²) in [5.41, 5.74) is 0.485. The molecule has 0 atom stereocenters. The van der Waals surface area contributed by atoms with Crippen LogP contribution in [0, 0.1) is 5.41 Å². The molecule has 0 aliphatic carbocycles. The van der Waals surface area contributed by atoms with Crippen molar-refractivity contribution >= 4 is 5.84 Å². The lowest BCUT2D eigenvalue weighted by Crippen LogP contribution is -2.26. The summed E-state index contributed by atoms with van der Waals surface area (Å²) in [7, 11) is 1.76. The van der Waals surface area contributed by atoms with Crippen LogP contribution in [0.15, 0.2) is 24.3 Å². The Balaban J connectivity index is 2.95. The van der Waals surface area contributed by atoms with Crippen molar-refractivity contribution in [2.75, 3.05) is 13.6 Å². The SMILES string of the molecule is CCN(C)C(=N)c1cccc(C(F)F)c1. The normalized spacial score (nSPS) is 10.5. The Morgan fingerprint density at radius 3 is 2.67 bits per heavy atom. The van der Waals surface area contributed by atoms with Crippen LogP contribution in [0.1, 0.15) is 24.5 Å². The highest BCUT2D eigenvalue weighted by atomic mass is 19.3. The molecule has 15 heavy (non-hydrogen) atoms. The highest BCUT2D eigenvalue weighted by Crippen LogP contribution is 2.19. The molecule has 0 saturated carbocycles. The van der Waals surface area contributed by atoms with Crippen LogP contribution in [0.3, 0.4) is 0 Å². The van der Waals surface area contributed by atoms with Gasteiger partial charge < -0.3 is 4.90 Å². The first-order valence-electron chi connectivity index (χ1n) is 4.74. The average Bonchev–Trinajstić information content (AvgIpc) is 2.27. The van der Waals surface area contributed by atoms with Crippen LogP contribution < -0.4 is 0 Å². The van der Waals surface area contributed by atoms with E-state index in [-0.39, 0.29) is 11.4 Å². The van der Waals surface area contributed by atoms with Crippen molar-refractivity contribution in [2.45, 2.75) is 13.3 Å². The Hall–Kier alpha value is -1.45. The van der Waals surface area contributed by atoms with E-state index in [4.69, 9.17) is 5.41 Å². The summed E-state index contributed by atoms with van der Waals surface area (Å²) < 4.78 is 24.8. The third-order valence-corrected chi connectivity index (χ3v) is 2.27. The molecule has 0 unspecified atom stereocenters. The summed E-state index contributed by atoms with van der Waals surface area (Å²) in [6.07, 6.45) is -2.48. The summed E-state index contributed by atoms with van der Waals surface area (Å²) in [5, 5.41) is 7.75. The Bertz CT molecular complexity index is 350. The third kappa shape index (κ3) is 2.75. The number of rotatable bonds is 3. The average molecular weight is 212 g/mol. The van der Waals surface area contributed by atoms with Gasteiger partial charge in [0, 0.05) is 24.7 Å². The van der Waals surface area contributed by atoms with Crippen LogP contribution in [0.2, 0.25) is 0 Å². The van der Waals surface area contributed by atoms with Gasteiger partial charge in [-0.3, -0.25) is 5.41 Å². The fourth-order valence-electron chi connectivity index (χ4n) is 1.20. The predicted molar refractivity (Wildman–Crippen MR) is 56.5 cm³/mol. The van der Waals surface area contributed by atoms with Gasteiger partial charge >= 0.3 is 0 Å². The molecule has 0 amide bonds. The van der Waals surface area contributed by atoms with Gasteiger partial charge in [-0.15, -0.1) is 0 Å². The molecule has 1 aromatic rings. The van der Waals surface area contributed by atoms with Gasteiger partial charge in [-0.05, 0) is 13.0 Å². The molecule has 1 rings (SSSR count). The first-order chi connectivity index (χ1) is 7.06. The molecule has 82 valence electrons. The molecule has 0 saturated heterocycles. The Kier molecular flexibility index (Phi) is 3.77. The number of halogens is 2. The fourth-order valence-corrected chi connectivity index (χ4v) is 1.20. The second kappa shape index (κ2) is 4.87. The van der Waals surface area contributed by atoms with Crippen LogP contribution in [-0.4, -0.2) is 24.3 Å². The molecule has 0 aliphatic rings. The van der Waals surface area contributed by atoms with Gasteiger partial charge in [0.25, 0.3) is 6.43 Å². The van der Waals surface area contributed by atoms with Crippen LogP contribution in [0.25, 0.3) is 0 Å². The molecule has 0 spiro atoms. The lowest BCUT2D eigenvalue weighted by atomic mass is 10.1. The number of nitrogens with one attached hydrogen (secondary N) is 1. The Morgan fingerprint density at radius 2 is 2.13 bits per heavy atom. The number of hydrogen-bond acceptors (Lipinski definition) is 1. The summed E-state index contributed by atoms with van der Waals surface area (Å²) in [4.78, 5) is 1.70. The number of benzene rings is 1. The van der Waals surface area contributed by atoms with E-state index in [1.165, 1.54) is 12.1 Å². The van der Waals surface area contributed by atoms with Gasteiger partial charge in [-0.2, -0.15) is 0 Å². The second-order valence-electron chi connectivity index (χ2n) is 3.29. The van der Waals surface area contributed by atoms with Crippen LogP contribution >= 0.6 is 0 Å². The lowest BCUT2D eigenvalue weighted by molar-refractivity contribution is 0.151. The molecule has 0 aliphatic heterocycles. The van der Waals surface area contributed by atoms with Crippen molar-refractivity contribution < 1.29 is 8.78 Å². The van der Waals surface area contributed by atoms with Crippen molar-refractivity contribution in [1.82, 2.24) is 4.90 Å². The van der Waals surface area contributed by atoms with Gasteiger partial charge in [0.05, 0.1) is 0 Å². The molecule has 1 aromatic carbocycles. The van der Waals surface area contributed by atoms with E-state index in [0.717, 1.165) is 0 Å². The zero-order valence-electron chi connectivity index (χ0n) is 8.80. The fraction of sp³-hybridized carbons (Fsp3) is 0.364. The maximum atomic E-state index is 12.4. The first kappa shape index (κ1) is 11.6. The van der Waals surface area contributed by atoms with Gasteiger partial charge in [0.2, 0.25) is 0 Å². The quantitative estimate of drug-likeness (QED) is 0.605. The van der Waals surface area contributed by atoms with E-state index in [0.29, 0.717) is 12.1 Å². The first-order valence-corrected chi connectivity index (χ1v) is 4.74. The number of nitrogens with zero attached hydrogens (tertiary/aromatic N) is 1. The van der Waals surface area contributed by atoms with Gasteiger partial charge in [0.15, 0.2) is 0 Å². The molecule has 4 heteroatoms. The minimum Gasteiger partial charge on any atom is -0.360 e. The molecule has 0 radical (unpaired) electrons. The van der Waals surface area contributed by atoms with E-state index in [1.54, 1.807) is 24.1 Å². The van der Waals surface area contributed by atoms with Gasteiger partial charge in [-0.1, -0.05) is 18.2 Å². The van der Waals surface area contributed by atoms with Crippen molar-refractivity contribution in [1.29, 1.82) is 5.41 Å². The number of alkyl halides is 2. The largest absolute Gasteiger partial charge is 0.360 e. The predicted octanol–water partition coefficient (Wildman–Crippen LogP) is 2.90. The van der Waals surface area contributed by atoms with E-state index in [9.17, 15) is 8.78 Å². The third-order valence-electron chi connectivity index (χ3n) is 2.27. The van der Waals surface area contributed by atoms with Crippen molar-refractivity contribution in [3.05, 3.63) is 35.4 Å². The molecule has 0 bridgehead atoms. The Morgan fingerprint density at radius 1 is 1.47 bits per heavy atom. The minimum absolute atomic E-state index is 0.0400. The lowest BCUT2D eigenvalue weighted by Gasteiger charge is -2.18. The summed E-state index contributed by atoms with van der Waals surface area (Å²) in [6, 6.07) is 5.95. The maximum Gasteiger partial charge on any atom is 0.263 e. The summed E-state index contributed by atoms with van der Waals surface area (Å²) in [6.45, 7) is 2.59.